The van der Waals surface area contributed by atoms with Crippen molar-refractivity contribution in [2.75, 3.05) is 0 Å². The molecule has 0 aromatic carbocycles. The highest BCUT2D eigenvalue weighted by atomic mass is 14.9. The maximum absolute atomic E-state index is 5.42. The quantitative estimate of drug-likeness (QED) is 0.615. The highest BCUT2D eigenvalue weighted by Gasteiger charge is 1.96. The van der Waals surface area contributed by atoms with Crippen molar-refractivity contribution >= 4 is 0 Å². The first-order valence-electron chi connectivity index (χ1n) is 3.23. The summed E-state index contributed by atoms with van der Waals surface area (Å²) in [5.41, 5.74) is 7.42. The first-order chi connectivity index (χ1) is 4.74. The number of rotatable bonds is 1. The molecule has 0 atom stereocenters. The predicted octanol–water partition coefficient (Wildman–Crippen LogP) is 0.552. The van der Waals surface area contributed by atoms with Crippen molar-refractivity contribution in [3.63, 3.8) is 0 Å². The summed E-state index contributed by atoms with van der Waals surface area (Å²) in [6.45, 7) is 4.33. The van der Waals surface area contributed by atoms with Gasteiger partial charge >= 0.3 is 0 Å². The van der Waals surface area contributed by atoms with Gasteiger partial charge in [0.2, 0.25) is 0 Å². The van der Waals surface area contributed by atoms with Crippen LogP contribution in [0.15, 0.2) is 6.20 Å². The number of aryl methyl sites for hydroxylation is 2. The van der Waals surface area contributed by atoms with Crippen LogP contribution < -0.4 is 5.73 Å². The van der Waals surface area contributed by atoms with Gasteiger partial charge in [0.15, 0.2) is 0 Å². The Labute approximate surface area is 60.3 Å². The maximum atomic E-state index is 5.42. The van der Waals surface area contributed by atoms with E-state index < -0.39 is 0 Å². The normalized spacial score (nSPS) is 9.90. The molecule has 2 N–H and O–H groups in total. The van der Waals surface area contributed by atoms with Gasteiger partial charge in [0.25, 0.3) is 0 Å². The van der Waals surface area contributed by atoms with Crippen LogP contribution in [0.4, 0.5) is 0 Å². The largest absolute Gasteiger partial charge is 0.326 e. The van der Waals surface area contributed by atoms with Crippen LogP contribution in [0.25, 0.3) is 0 Å². The van der Waals surface area contributed by atoms with E-state index >= 15 is 0 Å². The highest BCUT2D eigenvalue weighted by molar-refractivity contribution is 5.14. The molecule has 3 heteroatoms. The van der Waals surface area contributed by atoms with E-state index in [4.69, 9.17) is 5.73 Å². The maximum Gasteiger partial charge on any atom is 0.125 e. The predicted molar refractivity (Wildman–Crippen MR) is 39.4 cm³/mol. The molecular weight excluding hydrogens is 126 g/mol. The molecule has 0 radical (unpaired) electrons. The Balaban J connectivity index is 3.07. The molecule has 0 fully saturated rings. The van der Waals surface area contributed by atoms with E-state index in [1.807, 2.05) is 13.8 Å². The Morgan fingerprint density at radius 3 is 2.70 bits per heavy atom. The van der Waals surface area contributed by atoms with E-state index in [0.29, 0.717) is 6.54 Å². The van der Waals surface area contributed by atoms with Gasteiger partial charge in [0.1, 0.15) is 5.82 Å². The second kappa shape index (κ2) is 2.75. The third kappa shape index (κ3) is 1.30. The van der Waals surface area contributed by atoms with Crippen LogP contribution >= 0.6 is 0 Å². The summed E-state index contributed by atoms with van der Waals surface area (Å²) in [5.74, 6) is 0.801. The lowest BCUT2D eigenvalue weighted by Gasteiger charge is -2.00. The van der Waals surface area contributed by atoms with Crippen LogP contribution in [-0.4, -0.2) is 9.97 Å². The lowest BCUT2D eigenvalue weighted by Crippen LogP contribution is -2.02. The molecule has 0 aliphatic rings. The van der Waals surface area contributed by atoms with Gasteiger partial charge in [-0.3, -0.25) is 0 Å². The van der Waals surface area contributed by atoms with Gasteiger partial charge in [0, 0.05) is 24.0 Å². The van der Waals surface area contributed by atoms with E-state index in [1.165, 1.54) is 0 Å². The highest BCUT2D eigenvalue weighted by Crippen LogP contribution is 2.00. The molecule has 1 heterocycles. The smallest absolute Gasteiger partial charge is 0.125 e. The van der Waals surface area contributed by atoms with Crippen LogP contribution in [0.5, 0.6) is 0 Å². The molecule has 0 spiro atoms. The molecule has 0 amide bonds. The number of nitrogens with zero attached hydrogens (tertiary/aromatic N) is 2. The Morgan fingerprint density at radius 1 is 1.50 bits per heavy atom. The first kappa shape index (κ1) is 7.15. The molecule has 0 aliphatic carbocycles. The molecule has 0 unspecified atom stereocenters. The summed E-state index contributed by atoms with van der Waals surface area (Å²) < 4.78 is 0. The summed E-state index contributed by atoms with van der Waals surface area (Å²) >= 11 is 0. The minimum atomic E-state index is 0.520. The van der Waals surface area contributed by atoms with Crippen LogP contribution in [-0.2, 0) is 6.54 Å². The molecule has 1 rings (SSSR count). The zero-order valence-corrected chi connectivity index (χ0v) is 6.26. The average molecular weight is 137 g/mol. The summed E-state index contributed by atoms with van der Waals surface area (Å²) in [5, 5.41) is 0. The molecule has 0 saturated heterocycles. The number of hydrogen-bond acceptors (Lipinski definition) is 3. The van der Waals surface area contributed by atoms with Gasteiger partial charge in [-0.2, -0.15) is 0 Å². The molecule has 1 aromatic rings. The van der Waals surface area contributed by atoms with Crippen molar-refractivity contribution in [1.29, 1.82) is 0 Å². The zero-order valence-electron chi connectivity index (χ0n) is 6.26. The second-order valence-electron chi connectivity index (χ2n) is 2.23. The molecule has 3 nitrogen and oxygen atoms in total. The molecular formula is C7H11N3. The number of aromatic nitrogens is 2. The second-order valence-corrected chi connectivity index (χ2v) is 2.23. The summed E-state index contributed by atoms with van der Waals surface area (Å²) in [6, 6.07) is 0. The standard InChI is InChI=1S/C7H11N3/c1-5-7(3-8)4-9-6(2)10-5/h4H,3,8H2,1-2H3. The lowest BCUT2D eigenvalue weighted by atomic mass is 10.2. The minimum absolute atomic E-state index is 0.520. The Kier molecular flexibility index (Phi) is 1.97. The fraction of sp³-hybridized carbons (Fsp3) is 0.429. The monoisotopic (exact) mass is 137 g/mol. The topological polar surface area (TPSA) is 51.8 Å². The molecule has 10 heavy (non-hydrogen) atoms. The summed E-state index contributed by atoms with van der Waals surface area (Å²) in [6.07, 6.45) is 1.78. The number of nitrogens with two attached hydrogens (primary N) is 1. The van der Waals surface area contributed by atoms with E-state index in [2.05, 4.69) is 9.97 Å². The van der Waals surface area contributed by atoms with Crippen molar-refractivity contribution in [2.45, 2.75) is 20.4 Å². The number of hydrogen-bond donors (Lipinski definition) is 1. The van der Waals surface area contributed by atoms with Crippen molar-refractivity contribution < 1.29 is 0 Å². The molecule has 0 bridgehead atoms. The Hall–Kier alpha value is -0.960. The van der Waals surface area contributed by atoms with E-state index in [1.54, 1.807) is 6.20 Å². The SMILES string of the molecule is Cc1ncc(CN)c(C)n1. The lowest BCUT2D eigenvalue weighted by molar-refractivity contribution is 0.930. The first-order valence-corrected chi connectivity index (χ1v) is 3.23. The third-order valence-electron chi connectivity index (χ3n) is 1.42. The third-order valence-corrected chi connectivity index (χ3v) is 1.42. The average Bonchev–Trinajstić information content (AvgIpc) is 1.88. The fourth-order valence-electron chi connectivity index (χ4n) is 0.809. The summed E-state index contributed by atoms with van der Waals surface area (Å²) in [4.78, 5) is 8.17. The molecule has 0 aliphatic heterocycles. The molecule has 54 valence electrons. The van der Waals surface area contributed by atoms with Crippen molar-refractivity contribution in [3.05, 3.63) is 23.3 Å². The fourth-order valence-corrected chi connectivity index (χ4v) is 0.809. The van der Waals surface area contributed by atoms with Crippen LogP contribution in [0.1, 0.15) is 17.1 Å². The van der Waals surface area contributed by atoms with Crippen molar-refractivity contribution in [2.24, 2.45) is 5.73 Å². The molecule has 1 aromatic heterocycles. The van der Waals surface area contributed by atoms with Crippen LogP contribution in [0.3, 0.4) is 0 Å². The van der Waals surface area contributed by atoms with Crippen molar-refractivity contribution in [3.8, 4) is 0 Å². The van der Waals surface area contributed by atoms with E-state index in [-0.39, 0.29) is 0 Å². The van der Waals surface area contributed by atoms with E-state index in [9.17, 15) is 0 Å². The van der Waals surface area contributed by atoms with Gasteiger partial charge in [0.05, 0.1) is 0 Å². The van der Waals surface area contributed by atoms with Gasteiger partial charge in [-0.1, -0.05) is 0 Å². The molecule has 0 saturated carbocycles. The Bertz CT molecular complexity index is 232. The zero-order chi connectivity index (χ0) is 7.56. The minimum Gasteiger partial charge on any atom is -0.326 e. The van der Waals surface area contributed by atoms with Gasteiger partial charge in [-0.15, -0.1) is 0 Å². The van der Waals surface area contributed by atoms with Crippen LogP contribution in [0.2, 0.25) is 0 Å². The van der Waals surface area contributed by atoms with Crippen LogP contribution in [0, 0.1) is 13.8 Å². The summed E-state index contributed by atoms with van der Waals surface area (Å²) in [7, 11) is 0. The van der Waals surface area contributed by atoms with Crippen molar-refractivity contribution in [1.82, 2.24) is 9.97 Å². The van der Waals surface area contributed by atoms with Gasteiger partial charge in [-0.25, -0.2) is 9.97 Å². The Morgan fingerprint density at radius 2 is 2.20 bits per heavy atom. The van der Waals surface area contributed by atoms with Gasteiger partial charge < -0.3 is 5.73 Å². The van der Waals surface area contributed by atoms with E-state index in [0.717, 1.165) is 17.1 Å². The van der Waals surface area contributed by atoms with Gasteiger partial charge in [-0.05, 0) is 13.8 Å².